The fourth-order valence-electron chi connectivity index (χ4n) is 1.83. The van der Waals surface area contributed by atoms with Crippen LogP contribution in [-0.4, -0.2) is 23.8 Å². The number of urea groups is 1. The van der Waals surface area contributed by atoms with Gasteiger partial charge in [-0.3, -0.25) is 0 Å². The molecule has 1 atom stereocenters. The van der Waals surface area contributed by atoms with E-state index in [1.165, 1.54) is 0 Å². The maximum atomic E-state index is 11.7. The van der Waals surface area contributed by atoms with Gasteiger partial charge in [0, 0.05) is 18.3 Å². The third-order valence-electron chi connectivity index (χ3n) is 2.92. The maximum Gasteiger partial charge on any atom is 0.319 e. The van der Waals surface area contributed by atoms with Gasteiger partial charge in [0.2, 0.25) is 0 Å². The number of nitrogens with one attached hydrogen (secondary N) is 2. The van der Waals surface area contributed by atoms with E-state index in [4.69, 9.17) is 9.84 Å². The topological polar surface area (TPSA) is 70.6 Å². The third kappa shape index (κ3) is 5.46. The molecule has 0 aliphatic rings. The Kier molecular flexibility index (Phi) is 5.80. The lowest BCUT2D eigenvalue weighted by Gasteiger charge is -2.10. The molecule has 2 aromatic rings. The van der Waals surface area contributed by atoms with Gasteiger partial charge in [-0.1, -0.05) is 24.3 Å². The van der Waals surface area contributed by atoms with Gasteiger partial charge in [-0.15, -0.1) is 0 Å². The predicted molar refractivity (Wildman–Crippen MR) is 86.3 cm³/mol. The van der Waals surface area contributed by atoms with Crippen LogP contribution in [0.2, 0.25) is 0 Å². The fourth-order valence-corrected chi connectivity index (χ4v) is 1.83. The van der Waals surface area contributed by atoms with Crippen molar-refractivity contribution in [2.45, 2.75) is 19.4 Å². The molecule has 0 spiro atoms. The summed E-state index contributed by atoms with van der Waals surface area (Å²) in [4.78, 5) is 11.7. The molecule has 0 aromatic heterocycles. The van der Waals surface area contributed by atoms with Gasteiger partial charge in [0.05, 0.1) is 6.10 Å². The number of hydrogen-bond donors (Lipinski definition) is 3. The minimum Gasteiger partial charge on any atom is -0.457 e. The molecule has 1 unspecified atom stereocenters. The van der Waals surface area contributed by atoms with Gasteiger partial charge >= 0.3 is 6.03 Å². The van der Waals surface area contributed by atoms with Crippen LogP contribution in [0.1, 0.15) is 13.3 Å². The summed E-state index contributed by atoms with van der Waals surface area (Å²) >= 11 is 0. The number of ether oxygens (including phenoxy) is 1. The number of carbonyl (C=O) groups excluding carboxylic acids is 1. The van der Waals surface area contributed by atoms with Crippen LogP contribution in [0.4, 0.5) is 10.5 Å². The van der Waals surface area contributed by atoms with Crippen LogP contribution in [0.25, 0.3) is 0 Å². The molecule has 22 heavy (non-hydrogen) atoms. The first-order valence-corrected chi connectivity index (χ1v) is 7.19. The van der Waals surface area contributed by atoms with E-state index >= 15 is 0 Å². The summed E-state index contributed by atoms with van der Waals surface area (Å²) in [5, 5.41) is 14.6. The minimum atomic E-state index is -0.428. The van der Waals surface area contributed by atoms with Crippen LogP contribution in [0.15, 0.2) is 54.6 Å². The van der Waals surface area contributed by atoms with E-state index in [1.807, 2.05) is 42.5 Å². The lowest BCUT2D eigenvalue weighted by atomic mass is 10.3. The van der Waals surface area contributed by atoms with Crippen LogP contribution in [0.5, 0.6) is 11.5 Å². The number of aliphatic hydroxyl groups excluding tert-OH is 1. The van der Waals surface area contributed by atoms with E-state index in [0.717, 1.165) is 5.75 Å². The van der Waals surface area contributed by atoms with E-state index < -0.39 is 6.10 Å². The van der Waals surface area contributed by atoms with Crippen molar-refractivity contribution in [1.29, 1.82) is 0 Å². The molecular weight excluding hydrogens is 280 g/mol. The summed E-state index contributed by atoms with van der Waals surface area (Å²) in [6.07, 6.45) is 0.0906. The number of benzene rings is 2. The lowest BCUT2D eigenvalue weighted by Crippen LogP contribution is -2.30. The van der Waals surface area contributed by atoms with Gasteiger partial charge in [-0.25, -0.2) is 4.79 Å². The Morgan fingerprint density at radius 3 is 2.59 bits per heavy atom. The second-order valence-corrected chi connectivity index (χ2v) is 4.96. The van der Waals surface area contributed by atoms with Gasteiger partial charge < -0.3 is 20.5 Å². The first kappa shape index (κ1) is 15.9. The highest BCUT2D eigenvalue weighted by Gasteiger charge is 2.04. The van der Waals surface area contributed by atoms with E-state index in [-0.39, 0.29) is 6.03 Å². The standard InChI is InChI=1S/C17H20N2O3/c1-13(20)10-11-18-17(21)19-14-6-5-9-16(12-14)22-15-7-3-2-4-8-15/h2-9,12-13,20H,10-11H2,1H3,(H2,18,19,21). The summed E-state index contributed by atoms with van der Waals surface area (Å²) in [6.45, 7) is 2.10. The number of amides is 2. The molecule has 0 bridgehead atoms. The highest BCUT2D eigenvalue weighted by Crippen LogP contribution is 2.23. The van der Waals surface area contributed by atoms with Crippen molar-refractivity contribution < 1.29 is 14.6 Å². The monoisotopic (exact) mass is 300 g/mol. The number of aliphatic hydroxyl groups is 1. The Labute approximate surface area is 129 Å². The highest BCUT2D eigenvalue weighted by atomic mass is 16.5. The molecule has 0 saturated carbocycles. The normalized spacial score (nSPS) is 11.5. The molecule has 2 amide bonds. The number of para-hydroxylation sites is 1. The van der Waals surface area contributed by atoms with Crippen molar-refractivity contribution in [2.24, 2.45) is 0 Å². The Balaban J connectivity index is 1.89. The maximum absolute atomic E-state index is 11.7. The molecule has 0 aliphatic carbocycles. The Hall–Kier alpha value is -2.53. The number of hydrogen-bond acceptors (Lipinski definition) is 3. The molecular formula is C17H20N2O3. The zero-order valence-corrected chi connectivity index (χ0v) is 12.5. The van der Waals surface area contributed by atoms with Crippen molar-refractivity contribution >= 4 is 11.7 Å². The zero-order valence-electron chi connectivity index (χ0n) is 12.5. The second-order valence-electron chi connectivity index (χ2n) is 4.96. The summed E-state index contributed by atoms with van der Waals surface area (Å²) in [5.41, 5.74) is 0.642. The van der Waals surface area contributed by atoms with Gasteiger partial charge in [-0.05, 0) is 37.6 Å². The summed E-state index contributed by atoms with van der Waals surface area (Å²) in [5.74, 6) is 1.38. The molecule has 2 aromatic carbocycles. The first-order valence-electron chi connectivity index (χ1n) is 7.19. The Morgan fingerprint density at radius 1 is 1.14 bits per heavy atom. The molecule has 0 fully saturated rings. The highest BCUT2D eigenvalue weighted by molar-refractivity contribution is 5.89. The van der Waals surface area contributed by atoms with E-state index in [1.54, 1.807) is 19.1 Å². The molecule has 0 saturated heterocycles. The van der Waals surface area contributed by atoms with E-state index in [2.05, 4.69) is 10.6 Å². The van der Waals surface area contributed by atoms with Crippen molar-refractivity contribution in [2.75, 3.05) is 11.9 Å². The third-order valence-corrected chi connectivity index (χ3v) is 2.92. The van der Waals surface area contributed by atoms with E-state index in [0.29, 0.717) is 24.4 Å². The minimum absolute atomic E-state index is 0.308. The molecule has 0 radical (unpaired) electrons. The fraction of sp³-hybridized carbons (Fsp3) is 0.235. The average Bonchev–Trinajstić information content (AvgIpc) is 2.48. The predicted octanol–water partition coefficient (Wildman–Crippen LogP) is 3.37. The lowest BCUT2D eigenvalue weighted by molar-refractivity contribution is 0.184. The van der Waals surface area contributed by atoms with Crippen LogP contribution >= 0.6 is 0 Å². The molecule has 3 N–H and O–H groups in total. The van der Waals surface area contributed by atoms with Crippen molar-refractivity contribution in [3.8, 4) is 11.5 Å². The van der Waals surface area contributed by atoms with Gasteiger partial charge in [-0.2, -0.15) is 0 Å². The molecule has 0 heterocycles. The molecule has 2 rings (SSSR count). The van der Waals surface area contributed by atoms with Crippen molar-refractivity contribution in [3.63, 3.8) is 0 Å². The smallest absolute Gasteiger partial charge is 0.319 e. The molecule has 116 valence electrons. The van der Waals surface area contributed by atoms with Gasteiger partial charge in [0.25, 0.3) is 0 Å². The first-order chi connectivity index (χ1) is 10.6. The molecule has 5 heteroatoms. The van der Waals surface area contributed by atoms with Crippen LogP contribution in [0, 0.1) is 0 Å². The molecule has 5 nitrogen and oxygen atoms in total. The SMILES string of the molecule is CC(O)CCNC(=O)Nc1cccc(Oc2ccccc2)c1. The number of carbonyl (C=O) groups is 1. The summed E-state index contributed by atoms with van der Waals surface area (Å²) in [7, 11) is 0. The Morgan fingerprint density at radius 2 is 1.86 bits per heavy atom. The second kappa shape index (κ2) is 8.05. The van der Waals surface area contributed by atoms with Crippen LogP contribution in [-0.2, 0) is 0 Å². The largest absolute Gasteiger partial charge is 0.457 e. The number of rotatable bonds is 6. The average molecular weight is 300 g/mol. The van der Waals surface area contributed by atoms with Crippen molar-refractivity contribution in [1.82, 2.24) is 5.32 Å². The van der Waals surface area contributed by atoms with Gasteiger partial charge in [0.15, 0.2) is 0 Å². The van der Waals surface area contributed by atoms with E-state index in [9.17, 15) is 4.79 Å². The summed E-state index contributed by atoms with van der Waals surface area (Å²) in [6, 6.07) is 16.3. The van der Waals surface area contributed by atoms with Crippen molar-refractivity contribution in [3.05, 3.63) is 54.6 Å². The van der Waals surface area contributed by atoms with Crippen LogP contribution < -0.4 is 15.4 Å². The summed E-state index contributed by atoms with van der Waals surface area (Å²) < 4.78 is 5.71. The van der Waals surface area contributed by atoms with Crippen LogP contribution in [0.3, 0.4) is 0 Å². The molecule has 0 aliphatic heterocycles. The quantitative estimate of drug-likeness (QED) is 0.766. The zero-order chi connectivity index (χ0) is 15.8. The van der Waals surface area contributed by atoms with Gasteiger partial charge in [0.1, 0.15) is 11.5 Å². The Bertz CT molecular complexity index is 600. The number of anilines is 1.